The molecule has 1 aliphatic rings. The monoisotopic (exact) mass is 223 g/mol. The number of anilines is 1. The van der Waals surface area contributed by atoms with Gasteiger partial charge < -0.3 is 14.7 Å². The first-order valence-electron chi connectivity index (χ1n) is 5.53. The van der Waals surface area contributed by atoms with E-state index in [0.717, 1.165) is 43.5 Å². The van der Waals surface area contributed by atoms with Crippen LogP contribution in [0.5, 0.6) is 0 Å². The van der Waals surface area contributed by atoms with Crippen molar-refractivity contribution in [2.45, 2.75) is 20.0 Å². The topological polar surface area (TPSA) is 58.5 Å². The fourth-order valence-corrected chi connectivity index (χ4v) is 1.79. The number of morpholine rings is 1. The lowest BCUT2D eigenvalue weighted by atomic mass is 10.1. The van der Waals surface area contributed by atoms with Gasteiger partial charge >= 0.3 is 0 Å². The van der Waals surface area contributed by atoms with Crippen molar-refractivity contribution in [3.63, 3.8) is 0 Å². The molecule has 0 bridgehead atoms. The molecule has 0 aromatic carbocycles. The first-order chi connectivity index (χ1) is 7.68. The van der Waals surface area contributed by atoms with Crippen molar-refractivity contribution in [3.8, 4) is 0 Å². The van der Waals surface area contributed by atoms with E-state index in [9.17, 15) is 5.11 Å². The van der Waals surface area contributed by atoms with E-state index in [2.05, 4.69) is 14.9 Å². The molecule has 16 heavy (non-hydrogen) atoms. The van der Waals surface area contributed by atoms with Gasteiger partial charge in [-0.2, -0.15) is 0 Å². The van der Waals surface area contributed by atoms with Crippen LogP contribution in [0.25, 0.3) is 0 Å². The van der Waals surface area contributed by atoms with E-state index >= 15 is 0 Å². The molecule has 1 unspecified atom stereocenters. The SMILES string of the molecule is Cc1nc(N2CCOCC2)ncc1C(C)O. The molecule has 1 aliphatic heterocycles. The predicted octanol–water partition coefficient (Wildman–Crippen LogP) is 0.675. The Bertz CT molecular complexity index is 362. The minimum atomic E-state index is -0.515. The molecule has 1 N–H and O–H groups in total. The number of hydrogen-bond acceptors (Lipinski definition) is 5. The lowest BCUT2D eigenvalue weighted by Gasteiger charge is -2.27. The van der Waals surface area contributed by atoms with Gasteiger partial charge in [-0.3, -0.25) is 0 Å². The number of aliphatic hydroxyl groups excluding tert-OH is 1. The van der Waals surface area contributed by atoms with Crippen LogP contribution in [-0.2, 0) is 4.74 Å². The average Bonchev–Trinajstić information content (AvgIpc) is 2.29. The number of rotatable bonds is 2. The van der Waals surface area contributed by atoms with Gasteiger partial charge in [0.2, 0.25) is 5.95 Å². The van der Waals surface area contributed by atoms with E-state index in [1.165, 1.54) is 0 Å². The van der Waals surface area contributed by atoms with Crippen LogP contribution < -0.4 is 4.90 Å². The molecule has 1 saturated heterocycles. The van der Waals surface area contributed by atoms with E-state index in [1.54, 1.807) is 13.1 Å². The molecule has 0 aliphatic carbocycles. The van der Waals surface area contributed by atoms with E-state index in [4.69, 9.17) is 4.74 Å². The van der Waals surface area contributed by atoms with Crippen LogP contribution in [0, 0.1) is 6.92 Å². The molecule has 88 valence electrons. The zero-order chi connectivity index (χ0) is 11.5. The van der Waals surface area contributed by atoms with Crippen LogP contribution >= 0.6 is 0 Å². The summed E-state index contributed by atoms with van der Waals surface area (Å²) in [6.45, 7) is 6.72. The van der Waals surface area contributed by atoms with Crippen molar-refractivity contribution < 1.29 is 9.84 Å². The highest BCUT2D eigenvalue weighted by molar-refractivity contribution is 5.33. The number of nitrogens with zero attached hydrogens (tertiary/aromatic N) is 3. The average molecular weight is 223 g/mol. The predicted molar refractivity (Wildman–Crippen MR) is 60.4 cm³/mol. The van der Waals surface area contributed by atoms with E-state index in [1.807, 2.05) is 6.92 Å². The Morgan fingerprint density at radius 1 is 1.44 bits per heavy atom. The van der Waals surface area contributed by atoms with Crippen molar-refractivity contribution >= 4 is 5.95 Å². The summed E-state index contributed by atoms with van der Waals surface area (Å²) < 4.78 is 5.28. The number of ether oxygens (including phenoxy) is 1. The maximum Gasteiger partial charge on any atom is 0.225 e. The molecule has 5 nitrogen and oxygen atoms in total. The molecule has 2 rings (SSSR count). The van der Waals surface area contributed by atoms with Gasteiger partial charge in [-0.25, -0.2) is 9.97 Å². The van der Waals surface area contributed by atoms with Gasteiger partial charge in [0.1, 0.15) is 0 Å². The number of hydrogen-bond donors (Lipinski definition) is 1. The van der Waals surface area contributed by atoms with Crippen LogP contribution in [0.3, 0.4) is 0 Å². The molecular weight excluding hydrogens is 206 g/mol. The fraction of sp³-hybridized carbons (Fsp3) is 0.636. The van der Waals surface area contributed by atoms with Gasteiger partial charge in [0.25, 0.3) is 0 Å². The quantitative estimate of drug-likeness (QED) is 0.798. The van der Waals surface area contributed by atoms with Gasteiger partial charge in [0.05, 0.1) is 19.3 Å². The second-order valence-corrected chi connectivity index (χ2v) is 3.99. The van der Waals surface area contributed by atoms with Crippen LogP contribution in [0.2, 0.25) is 0 Å². The third kappa shape index (κ3) is 2.31. The summed E-state index contributed by atoms with van der Waals surface area (Å²) in [5.41, 5.74) is 1.63. The maximum absolute atomic E-state index is 9.49. The summed E-state index contributed by atoms with van der Waals surface area (Å²) in [5.74, 6) is 0.727. The second kappa shape index (κ2) is 4.76. The smallest absolute Gasteiger partial charge is 0.225 e. The summed E-state index contributed by atoms with van der Waals surface area (Å²) in [5, 5.41) is 9.49. The van der Waals surface area contributed by atoms with Crippen LogP contribution in [0.4, 0.5) is 5.95 Å². The highest BCUT2D eigenvalue weighted by Gasteiger charge is 2.15. The molecule has 5 heteroatoms. The van der Waals surface area contributed by atoms with Crippen LogP contribution in [0.1, 0.15) is 24.3 Å². The lowest BCUT2D eigenvalue weighted by Crippen LogP contribution is -2.37. The molecule has 1 aromatic rings. The molecule has 0 amide bonds. The number of aliphatic hydroxyl groups is 1. The van der Waals surface area contributed by atoms with Crippen LogP contribution in [0.15, 0.2) is 6.20 Å². The van der Waals surface area contributed by atoms with E-state index in [0.29, 0.717) is 0 Å². The maximum atomic E-state index is 9.49. The van der Waals surface area contributed by atoms with Crippen LogP contribution in [-0.4, -0.2) is 41.4 Å². The lowest BCUT2D eigenvalue weighted by molar-refractivity contribution is 0.122. The van der Waals surface area contributed by atoms with E-state index in [-0.39, 0.29) is 0 Å². The molecule has 0 spiro atoms. The fourth-order valence-electron chi connectivity index (χ4n) is 1.79. The minimum absolute atomic E-state index is 0.515. The summed E-state index contributed by atoms with van der Waals surface area (Å²) in [4.78, 5) is 10.8. The van der Waals surface area contributed by atoms with E-state index < -0.39 is 6.10 Å². The molecule has 0 saturated carbocycles. The Hall–Kier alpha value is -1.20. The summed E-state index contributed by atoms with van der Waals surface area (Å²) in [6, 6.07) is 0. The Morgan fingerprint density at radius 2 is 2.12 bits per heavy atom. The zero-order valence-corrected chi connectivity index (χ0v) is 9.68. The van der Waals surface area contributed by atoms with Crippen molar-refractivity contribution in [3.05, 3.63) is 17.5 Å². The van der Waals surface area contributed by atoms with Crippen molar-refractivity contribution in [2.24, 2.45) is 0 Å². The normalized spacial score (nSPS) is 18.6. The largest absolute Gasteiger partial charge is 0.389 e. The minimum Gasteiger partial charge on any atom is -0.389 e. The molecule has 0 radical (unpaired) electrons. The molecule has 2 heterocycles. The van der Waals surface area contributed by atoms with Gasteiger partial charge in [-0.05, 0) is 13.8 Å². The van der Waals surface area contributed by atoms with Gasteiger partial charge in [0, 0.05) is 30.5 Å². The van der Waals surface area contributed by atoms with Crippen molar-refractivity contribution in [1.82, 2.24) is 9.97 Å². The Kier molecular flexibility index (Phi) is 3.36. The number of aryl methyl sites for hydroxylation is 1. The Labute approximate surface area is 95.1 Å². The van der Waals surface area contributed by atoms with Gasteiger partial charge in [-0.1, -0.05) is 0 Å². The highest BCUT2D eigenvalue weighted by Crippen LogP contribution is 2.17. The zero-order valence-electron chi connectivity index (χ0n) is 9.68. The first-order valence-corrected chi connectivity index (χ1v) is 5.53. The number of aromatic nitrogens is 2. The third-order valence-corrected chi connectivity index (χ3v) is 2.75. The van der Waals surface area contributed by atoms with Gasteiger partial charge in [-0.15, -0.1) is 0 Å². The van der Waals surface area contributed by atoms with Crippen molar-refractivity contribution in [2.75, 3.05) is 31.2 Å². The molecular formula is C11H17N3O2. The summed E-state index contributed by atoms with van der Waals surface area (Å²) >= 11 is 0. The third-order valence-electron chi connectivity index (χ3n) is 2.75. The standard InChI is InChI=1S/C11H17N3O2/c1-8-10(9(2)15)7-12-11(13-8)14-3-5-16-6-4-14/h7,9,15H,3-6H2,1-2H3. The molecule has 1 aromatic heterocycles. The molecule has 1 fully saturated rings. The summed E-state index contributed by atoms with van der Waals surface area (Å²) in [6.07, 6.45) is 1.19. The molecule has 1 atom stereocenters. The highest BCUT2D eigenvalue weighted by atomic mass is 16.5. The van der Waals surface area contributed by atoms with Crippen molar-refractivity contribution in [1.29, 1.82) is 0 Å². The second-order valence-electron chi connectivity index (χ2n) is 3.99. The summed E-state index contributed by atoms with van der Waals surface area (Å²) in [7, 11) is 0. The Morgan fingerprint density at radius 3 is 2.69 bits per heavy atom. The Balaban J connectivity index is 2.19. The van der Waals surface area contributed by atoms with Gasteiger partial charge in [0.15, 0.2) is 0 Å². The first kappa shape index (κ1) is 11.3.